The molecule has 1 amide bonds. The summed E-state index contributed by atoms with van der Waals surface area (Å²) in [6.45, 7) is 0. The third-order valence-electron chi connectivity index (χ3n) is 2.81. The van der Waals surface area contributed by atoms with Gasteiger partial charge in [-0.1, -0.05) is 23.7 Å². The molecular formula is C13H7BrClN3O5. The number of benzene rings is 2. The van der Waals surface area contributed by atoms with Crippen molar-refractivity contribution in [2.24, 2.45) is 0 Å². The van der Waals surface area contributed by atoms with E-state index in [1.165, 1.54) is 0 Å². The Morgan fingerprint density at radius 2 is 1.61 bits per heavy atom. The van der Waals surface area contributed by atoms with Crippen LogP contribution in [-0.2, 0) is 0 Å². The minimum atomic E-state index is -0.884. The second-order valence-corrected chi connectivity index (χ2v) is 5.51. The first-order valence-corrected chi connectivity index (χ1v) is 7.16. The maximum atomic E-state index is 12.2. The Kier molecular flexibility index (Phi) is 4.92. The zero-order chi connectivity index (χ0) is 17.1. The maximum Gasteiger partial charge on any atom is 0.295 e. The fourth-order valence-corrected chi connectivity index (χ4v) is 2.38. The molecule has 0 saturated carbocycles. The van der Waals surface area contributed by atoms with Crippen LogP contribution in [-0.4, -0.2) is 15.8 Å². The molecule has 0 unspecified atom stereocenters. The lowest BCUT2D eigenvalue weighted by Crippen LogP contribution is -2.13. The van der Waals surface area contributed by atoms with Gasteiger partial charge in [-0.2, -0.15) is 0 Å². The summed E-state index contributed by atoms with van der Waals surface area (Å²) in [7, 11) is 0. The molecule has 118 valence electrons. The van der Waals surface area contributed by atoms with Crippen molar-refractivity contribution in [2.45, 2.75) is 0 Å². The number of carbonyl (C=O) groups excluding carboxylic acids is 1. The number of hydrogen-bond acceptors (Lipinski definition) is 5. The average molecular weight is 401 g/mol. The fraction of sp³-hybridized carbons (Fsp3) is 0. The number of halogens is 2. The molecule has 10 heteroatoms. The highest BCUT2D eigenvalue weighted by Crippen LogP contribution is 2.35. The highest BCUT2D eigenvalue weighted by Gasteiger charge is 2.27. The zero-order valence-electron chi connectivity index (χ0n) is 11.2. The van der Waals surface area contributed by atoms with E-state index in [2.05, 4.69) is 21.2 Å². The highest BCUT2D eigenvalue weighted by atomic mass is 79.9. The molecule has 8 nitrogen and oxygen atoms in total. The molecule has 0 atom stereocenters. The molecule has 0 aliphatic rings. The molecule has 0 saturated heterocycles. The molecule has 0 bridgehead atoms. The number of rotatable bonds is 4. The predicted molar refractivity (Wildman–Crippen MR) is 86.9 cm³/mol. The van der Waals surface area contributed by atoms with E-state index in [1.807, 2.05) is 0 Å². The van der Waals surface area contributed by atoms with E-state index in [1.54, 1.807) is 24.3 Å². The van der Waals surface area contributed by atoms with E-state index in [0.29, 0.717) is 10.2 Å². The maximum absolute atomic E-state index is 12.2. The first-order chi connectivity index (χ1) is 10.8. The van der Waals surface area contributed by atoms with Crippen molar-refractivity contribution in [2.75, 3.05) is 5.32 Å². The zero-order valence-corrected chi connectivity index (χ0v) is 13.5. The lowest BCUT2D eigenvalue weighted by Gasteiger charge is -2.07. The van der Waals surface area contributed by atoms with Crippen LogP contribution in [0.1, 0.15) is 10.4 Å². The van der Waals surface area contributed by atoms with Crippen molar-refractivity contribution in [1.29, 1.82) is 0 Å². The van der Waals surface area contributed by atoms with Crippen LogP contribution in [0.4, 0.5) is 17.1 Å². The smallest absolute Gasteiger partial charge is 0.295 e. The number of nitro groups is 2. The number of nitrogens with one attached hydrogen (secondary N) is 1. The van der Waals surface area contributed by atoms with Gasteiger partial charge >= 0.3 is 0 Å². The van der Waals surface area contributed by atoms with Gasteiger partial charge in [-0.15, -0.1) is 0 Å². The molecule has 0 heterocycles. The van der Waals surface area contributed by atoms with Gasteiger partial charge in [-0.25, -0.2) is 0 Å². The van der Waals surface area contributed by atoms with Crippen LogP contribution in [0.25, 0.3) is 0 Å². The minimum Gasteiger partial charge on any atom is -0.321 e. The van der Waals surface area contributed by atoms with Crippen LogP contribution >= 0.6 is 27.5 Å². The van der Waals surface area contributed by atoms with Gasteiger partial charge in [-0.05, 0) is 28.1 Å². The largest absolute Gasteiger partial charge is 0.321 e. The summed E-state index contributed by atoms with van der Waals surface area (Å²) in [5.41, 5.74) is -1.25. The van der Waals surface area contributed by atoms with Gasteiger partial charge in [-0.3, -0.25) is 25.0 Å². The number of nitro benzene ring substituents is 2. The molecule has 1 N–H and O–H groups in total. The van der Waals surface area contributed by atoms with Crippen LogP contribution in [0.5, 0.6) is 0 Å². The second-order valence-electron chi connectivity index (χ2n) is 4.28. The van der Waals surface area contributed by atoms with E-state index in [4.69, 9.17) is 11.6 Å². The van der Waals surface area contributed by atoms with Gasteiger partial charge in [0.2, 0.25) is 0 Å². The molecule has 0 radical (unpaired) electrons. The number of para-hydroxylation sites is 1. The van der Waals surface area contributed by atoms with Gasteiger partial charge in [0.25, 0.3) is 17.3 Å². The predicted octanol–water partition coefficient (Wildman–Crippen LogP) is 4.17. The van der Waals surface area contributed by atoms with Crippen molar-refractivity contribution in [1.82, 2.24) is 0 Å². The third-order valence-corrected chi connectivity index (χ3v) is 3.89. The van der Waals surface area contributed by atoms with E-state index >= 15 is 0 Å². The van der Waals surface area contributed by atoms with Crippen molar-refractivity contribution in [3.63, 3.8) is 0 Å². The summed E-state index contributed by atoms with van der Waals surface area (Å²) >= 11 is 8.87. The number of hydrogen-bond donors (Lipinski definition) is 1. The van der Waals surface area contributed by atoms with Crippen LogP contribution in [0.15, 0.2) is 40.9 Å². The molecule has 0 aliphatic carbocycles. The van der Waals surface area contributed by atoms with Crippen LogP contribution < -0.4 is 5.32 Å². The Labute approximate surface area is 142 Å². The monoisotopic (exact) mass is 399 g/mol. The molecule has 2 aromatic rings. The summed E-state index contributed by atoms with van der Waals surface area (Å²) in [4.78, 5) is 32.3. The van der Waals surface area contributed by atoms with Crippen molar-refractivity contribution < 1.29 is 14.6 Å². The molecule has 0 fully saturated rings. The highest BCUT2D eigenvalue weighted by molar-refractivity contribution is 9.10. The van der Waals surface area contributed by atoms with E-state index < -0.39 is 32.2 Å². The normalized spacial score (nSPS) is 10.2. The molecule has 2 rings (SSSR count). The Balaban J connectivity index is 2.46. The molecule has 0 aromatic heterocycles. The number of anilines is 1. The van der Waals surface area contributed by atoms with Gasteiger partial charge < -0.3 is 5.32 Å². The Morgan fingerprint density at radius 3 is 2.09 bits per heavy atom. The first-order valence-electron chi connectivity index (χ1n) is 5.99. The molecule has 0 aliphatic heterocycles. The number of nitrogens with zero attached hydrogens (tertiary/aromatic N) is 2. The average Bonchev–Trinajstić information content (AvgIpc) is 2.49. The standard InChI is InChI=1S/C13H7BrClN3O5/c14-8-3-1-2-4-9(8)16-13(19)7-5-10(17(20)21)12(15)11(6-7)18(22)23/h1-6H,(H,16,19). The van der Waals surface area contributed by atoms with E-state index in [-0.39, 0.29) is 5.56 Å². The third kappa shape index (κ3) is 3.63. The summed E-state index contributed by atoms with van der Waals surface area (Å²) in [5.74, 6) is -0.736. The minimum absolute atomic E-state index is 0.247. The Hall–Kier alpha value is -2.52. The van der Waals surface area contributed by atoms with Crippen LogP contribution in [0.3, 0.4) is 0 Å². The van der Waals surface area contributed by atoms with Gasteiger partial charge in [0, 0.05) is 16.6 Å². The van der Waals surface area contributed by atoms with Gasteiger partial charge in [0.1, 0.15) is 0 Å². The van der Waals surface area contributed by atoms with Gasteiger partial charge in [0.05, 0.1) is 21.1 Å². The molecular weight excluding hydrogens is 394 g/mol. The second kappa shape index (κ2) is 6.71. The summed E-state index contributed by atoms with van der Waals surface area (Å²) in [6, 6.07) is 8.47. The quantitative estimate of drug-likeness (QED) is 0.611. The number of amides is 1. The van der Waals surface area contributed by atoms with Crippen LogP contribution in [0, 0.1) is 20.2 Å². The molecule has 2 aromatic carbocycles. The lowest BCUT2D eigenvalue weighted by molar-refractivity contribution is -0.393. The lowest BCUT2D eigenvalue weighted by atomic mass is 10.1. The topological polar surface area (TPSA) is 115 Å². The molecule has 23 heavy (non-hydrogen) atoms. The Bertz CT molecular complexity index is 792. The van der Waals surface area contributed by atoms with Crippen LogP contribution in [0.2, 0.25) is 5.02 Å². The van der Waals surface area contributed by atoms with Crippen molar-refractivity contribution >= 4 is 50.5 Å². The first kappa shape index (κ1) is 16.8. The Morgan fingerprint density at radius 1 is 1.09 bits per heavy atom. The van der Waals surface area contributed by atoms with Crippen molar-refractivity contribution in [3.05, 3.63) is 71.7 Å². The van der Waals surface area contributed by atoms with E-state index in [9.17, 15) is 25.0 Å². The summed E-state index contributed by atoms with van der Waals surface area (Å²) in [6.07, 6.45) is 0. The number of carbonyl (C=O) groups is 1. The van der Waals surface area contributed by atoms with E-state index in [0.717, 1.165) is 12.1 Å². The van der Waals surface area contributed by atoms with Gasteiger partial charge in [0.15, 0.2) is 5.02 Å². The summed E-state index contributed by atoms with van der Waals surface area (Å²) < 4.78 is 0.589. The SMILES string of the molecule is O=C(Nc1ccccc1Br)c1cc([N+](=O)[O-])c(Cl)c([N+](=O)[O-])c1. The fourth-order valence-electron chi connectivity index (χ4n) is 1.75. The molecule has 0 spiro atoms. The van der Waals surface area contributed by atoms with Crippen molar-refractivity contribution in [3.8, 4) is 0 Å². The summed E-state index contributed by atoms with van der Waals surface area (Å²) in [5, 5.41) is 23.8.